The summed E-state index contributed by atoms with van der Waals surface area (Å²) in [6.07, 6.45) is 1.57. The molecule has 0 saturated heterocycles. The number of nitrogens with one attached hydrogen (secondary N) is 2. The summed E-state index contributed by atoms with van der Waals surface area (Å²) in [4.78, 5) is 3.00. The summed E-state index contributed by atoms with van der Waals surface area (Å²) < 4.78 is 40.5. The monoisotopic (exact) mass is 334 g/mol. The number of aliphatic hydroxyl groups excluding tert-OH is 1. The summed E-state index contributed by atoms with van der Waals surface area (Å²) in [6, 6.07) is 11.2. The van der Waals surface area contributed by atoms with Crippen LogP contribution in [0.4, 0.5) is 4.39 Å². The van der Waals surface area contributed by atoms with Crippen molar-refractivity contribution in [1.29, 1.82) is 0 Å². The molecule has 0 spiro atoms. The van der Waals surface area contributed by atoms with E-state index in [1.165, 1.54) is 24.3 Å². The number of halogens is 1. The lowest BCUT2D eigenvalue weighted by molar-refractivity contribution is 0.259. The molecule has 7 heteroatoms. The van der Waals surface area contributed by atoms with Gasteiger partial charge in [-0.25, -0.2) is 17.5 Å². The van der Waals surface area contributed by atoms with Crippen LogP contribution in [0.5, 0.6) is 0 Å². The normalized spacial score (nSPS) is 13.3. The first-order chi connectivity index (χ1) is 11.0. The maximum atomic E-state index is 13.2. The molecule has 1 atom stereocenters. The zero-order valence-electron chi connectivity index (χ0n) is 12.0. The fourth-order valence-electron chi connectivity index (χ4n) is 2.46. The van der Waals surface area contributed by atoms with Crippen LogP contribution in [0.3, 0.4) is 0 Å². The van der Waals surface area contributed by atoms with Crippen molar-refractivity contribution in [1.82, 2.24) is 9.71 Å². The molecule has 0 fully saturated rings. The number of aliphatic hydroxyl groups is 1. The van der Waals surface area contributed by atoms with Gasteiger partial charge in [0.1, 0.15) is 5.82 Å². The molecule has 1 heterocycles. The van der Waals surface area contributed by atoms with Crippen molar-refractivity contribution in [3.8, 4) is 0 Å². The summed E-state index contributed by atoms with van der Waals surface area (Å²) in [5.41, 5.74) is 1.10. The molecular formula is C16H15FN2O3S. The van der Waals surface area contributed by atoms with Gasteiger partial charge in [-0.1, -0.05) is 18.2 Å². The average Bonchev–Trinajstić information content (AvgIpc) is 2.96. The van der Waals surface area contributed by atoms with Crippen molar-refractivity contribution in [3.05, 3.63) is 66.1 Å². The summed E-state index contributed by atoms with van der Waals surface area (Å²) in [6.45, 7) is -0.420. The molecule has 0 bridgehead atoms. The summed E-state index contributed by atoms with van der Waals surface area (Å²) in [5, 5.41) is 10.3. The molecule has 23 heavy (non-hydrogen) atoms. The summed E-state index contributed by atoms with van der Waals surface area (Å²) >= 11 is 0. The molecule has 0 radical (unpaired) electrons. The van der Waals surface area contributed by atoms with E-state index in [2.05, 4.69) is 9.71 Å². The molecule has 3 N–H and O–H groups in total. The third kappa shape index (κ3) is 3.12. The first-order valence-electron chi connectivity index (χ1n) is 6.96. The molecule has 120 valence electrons. The second-order valence-corrected chi connectivity index (χ2v) is 6.82. The van der Waals surface area contributed by atoms with Crippen LogP contribution in [0.15, 0.2) is 59.6 Å². The standard InChI is InChI=1S/C16H15FN2O3S/c17-11-6-7-13-14(9-18-15(13)8-11)16(10-20)19-23(21,22)12-4-2-1-3-5-12/h1-9,16,18-20H,10H2. The van der Waals surface area contributed by atoms with E-state index < -0.39 is 28.5 Å². The van der Waals surface area contributed by atoms with Crippen LogP contribution in [-0.4, -0.2) is 25.1 Å². The van der Waals surface area contributed by atoms with Crippen LogP contribution in [0.1, 0.15) is 11.6 Å². The minimum Gasteiger partial charge on any atom is -0.394 e. The number of sulfonamides is 1. The molecule has 0 aliphatic carbocycles. The Kier molecular flexibility index (Phi) is 4.16. The van der Waals surface area contributed by atoms with Crippen LogP contribution in [-0.2, 0) is 10.0 Å². The number of aromatic amines is 1. The molecular weight excluding hydrogens is 319 g/mol. The number of rotatable bonds is 5. The zero-order chi connectivity index (χ0) is 16.4. The van der Waals surface area contributed by atoms with Crippen molar-refractivity contribution in [2.24, 2.45) is 0 Å². The quantitative estimate of drug-likeness (QED) is 0.670. The van der Waals surface area contributed by atoms with Gasteiger partial charge in [-0.15, -0.1) is 0 Å². The lowest BCUT2D eigenvalue weighted by Crippen LogP contribution is -2.30. The highest BCUT2D eigenvalue weighted by molar-refractivity contribution is 7.89. The molecule has 1 unspecified atom stereocenters. The minimum atomic E-state index is -3.77. The second kappa shape index (κ2) is 6.11. The molecule has 3 aromatic rings. The largest absolute Gasteiger partial charge is 0.394 e. The predicted octanol–water partition coefficient (Wildman–Crippen LogP) is 2.32. The van der Waals surface area contributed by atoms with Gasteiger partial charge in [-0.05, 0) is 35.9 Å². The molecule has 5 nitrogen and oxygen atoms in total. The van der Waals surface area contributed by atoms with Crippen LogP contribution in [0.2, 0.25) is 0 Å². The first-order valence-corrected chi connectivity index (χ1v) is 8.44. The van der Waals surface area contributed by atoms with Crippen LogP contribution in [0, 0.1) is 5.82 Å². The first kappa shape index (κ1) is 15.7. The van der Waals surface area contributed by atoms with E-state index in [0.717, 1.165) is 0 Å². The number of hydrogen-bond donors (Lipinski definition) is 3. The Labute approximate surface area is 132 Å². The van der Waals surface area contributed by atoms with Crippen LogP contribution in [0.25, 0.3) is 10.9 Å². The molecule has 1 aromatic heterocycles. The molecule has 0 aliphatic heterocycles. The Morgan fingerprint density at radius 3 is 2.61 bits per heavy atom. The van der Waals surface area contributed by atoms with Gasteiger partial charge in [-0.2, -0.15) is 0 Å². The summed E-state index contributed by atoms with van der Waals surface area (Å²) in [5.74, 6) is -0.392. The third-order valence-corrected chi connectivity index (χ3v) is 5.07. The van der Waals surface area contributed by atoms with Crippen molar-refractivity contribution >= 4 is 20.9 Å². The maximum Gasteiger partial charge on any atom is 0.241 e. The lowest BCUT2D eigenvalue weighted by atomic mass is 10.1. The lowest BCUT2D eigenvalue weighted by Gasteiger charge is -2.16. The molecule has 3 rings (SSSR count). The average molecular weight is 334 g/mol. The highest BCUT2D eigenvalue weighted by atomic mass is 32.2. The molecule has 0 amide bonds. The number of benzene rings is 2. The Bertz CT molecular complexity index is 923. The predicted molar refractivity (Wildman–Crippen MR) is 84.8 cm³/mol. The topological polar surface area (TPSA) is 82.2 Å². The Balaban J connectivity index is 1.96. The van der Waals surface area contributed by atoms with E-state index in [0.29, 0.717) is 16.5 Å². The number of hydrogen-bond acceptors (Lipinski definition) is 3. The number of fused-ring (bicyclic) bond motifs is 1. The molecule has 0 saturated carbocycles. The highest BCUT2D eigenvalue weighted by Crippen LogP contribution is 2.26. The van der Waals surface area contributed by atoms with Crippen molar-refractivity contribution in [3.63, 3.8) is 0 Å². The Morgan fingerprint density at radius 1 is 1.17 bits per heavy atom. The Morgan fingerprint density at radius 2 is 1.91 bits per heavy atom. The second-order valence-electron chi connectivity index (χ2n) is 5.10. The van der Waals surface area contributed by atoms with Crippen molar-refractivity contribution in [2.75, 3.05) is 6.61 Å². The van der Waals surface area contributed by atoms with E-state index in [4.69, 9.17) is 0 Å². The van der Waals surface area contributed by atoms with E-state index in [-0.39, 0.29) is 4.90 Å². The van der Waals surface area contributed by atoms with Gasteiger partial charge in [0.25, 0.3) is 0 Å². The number of aromatic nitrogens is 1. The van der Waals surface area contributed by atoms with E-state index >= 15 is 0 Å². The van der Waals surface area contributed by atoms with Gasteiger partial charge in [-0.3, -0.25) is 0 Å². The molecule has 2 aromatic carbocycles. The van der Waals surface area contributed by atoms with E-state index in [9.17, 15) is 17.9 Å². The van der Waals surface area contributed by atoms with E-state index in [1.54, 1.807) is 30.5 Å². The van der Waals surface area contributed by atoms with Gasteiger partial charge in [0.05, 0.1) is 17.5 Å². The number of H-pyrrole nitrogens is 1. The van der Waals surface area contributed by atoms with Gasteiger partial charge in [0.15, 0.2) is 0 Å². The fraction of sp³-hybridized carbons (Fsp3) is 0.125. The van der Waals surface area contributed by atoms with Gasteiger partial charge >= 0.3 is 0 Å². The van der Waals surface area contributed by atoms with Crippen LogP contribution >= 0.6 is 0 Å². The SMILES string of the molecule is O=S(=O)(NC(CO)c1c[nH]c2cc(F)ccc12)c1ccccc1. The van der Waals surface area contributed by atoms with E-state index in [1.807, 2.05) is 0 Å². The molecule has 0 aliphatic rings. The third-order valence-electron chi connectivity index (χ3n) is 3.58. The fourth-order valence-corrected chi connectivity index (χ4v) is 3.69. The van der Waals surface area contributed by atoms with Crippen molar-refractivity contribution < 1.29 is 17.9 Å². The zero-order valence-corrected chi connectivity index (χ0v) is 12.8. The van der Waals surface area contributed by atoms with Gasteiger partial charge in [0.2, 0.25) is 10.0 Å². The minimum absolute atomic E-state index is 0.115. The summed E-state index contributed by atoms with van der Waals surface area (Å²) in [7, 11) is -3.77. The van der Waals surface area contributed by atoms with Crippen molar-refractivity contribution in [2.45, 2.75) is 10.9 Å². The van der Waals surface area contributed by atoms with Crippen LogP contribution < -0.4 is 4.72 Å². The highest BCUT2D eigenvalue weighted by Gasteiger charge is 2.23. The maximum absolute atomic E-state index is 13.2. The Hall–Kier alpha value is -2.22. The smallest absolute Gasteiger partial charge is 0.241 e. The van der Waals surface area contributed by atoms with Gasteiger partial charge in [0, 0.05) is 17.1 Å². The van der Waals surface area contributed by atoms with Gasteiger partial charge < -0.3 is 10.1 Å².